The number of aliphatic hydroxyl groups excluding tert-OH is 1. The van der Waals surface area contributed by atoms with Crippen molar-refractivity contribution in [1.82, 2.24) is 0 Å². The van der Waals surface area contributed by atoms with E-state index in [1.165, 1.54) is 0 Å². The second-order valence-electron chi connectivity index (χ2n) is 2.40. The van der Waals surface area contributed by atoms with Gasteiger partial charge in [0.1, 0.15) is 6.17 Å². The summed E-state index contributed by atoms with van der Waals surface area (Å²) in [7, 11) is 0. The van der Waals surface area contributed by atoms with E-state index in [2.05, 4.69) is 0 Å². The van der Waals surface area contributed by atoms with Gasteiger partial charge in [0.2, 0.25) is 0 Å². The molecule has 3 heteroatoms. The maximum absolute atomic E-state index is 12.5. The molecular formula is C6H11FO2. The Kier molecular flexibility index (Phi) is 2.03. The second kappa shape index (κ2) is 2.62. The number of halogens is 1. The number of hydrogen-bond donors (Lipinski definition) is 1. The summed E-state index contributed by atoms with van der Waals surface area (Å²) < 4.78 is 17.5. The van der Waals surface area contributed by atoms with E-state index in [0.717, 1.165) is 0 Å². The van der Waals surface area contributed by atoms with E-state index in [-0.39, 0.29) is 18.8 Å². The first-order valence-electron chi connectivity index (χ1n) is 3.14. The molecule has 0 aliphatic carbocycles. The van der Waals surface area contributed by atoms with Crippen LogP contribution in [0.15, 0.2) is 0 Å². The first-order valence-corrected chi connectivity index (χ1v) is 3.14. The van der Waals surface area contributed by atoms with Crippen LogP contribution in [0.3, 0.4) is 0 Å². The van der Waals surface area contributed by atoms with Crippen LogP contribution in [0.5, 0.6) is 0 Å². The zero-order chi connectivity index (χ0) is 6.85. The zero-order valence-corrected chi connectivity index (χ0v) is 5.38. The van der Waals surface area contributed by atoms with Crippen LogP contribution >= 0.6 is 0 Å². The van der Waals surface area contributed by atoms with Crippen molar-refractivity contribution in [3.8, 4) is 0 Å². The van der Waals surface area contributed by atoms with Gasteiger partial charge in [-0.2, -0.15) is 0 Å². The minimum Gasteiger partial charge on any atom is -0.394 e. The normalized spacial score (nSPS) is 43.7. The fourth-order valence-electron chi connectivity index (χ4n) is 1.00. The molecule has 1 fully saturated rings. The molecule has 9 heavy (non-hydrogen) atoms. The monoisotopic (exact) mass is 134 g/mol. The minimum atomic E-state index is -0.887. The lowest BCUT2D eigenvalue weighted by Gasteiger charge is -2.05. The third kappa shape index (κ3) is 1.40. The van der Waals surface area contributed by atoms with Gasteiger partial charge in [-0.3, -0.25) is 0 Å². The molecule has 0 amide bonds. The largest absolute Gasteiger partial charge is 0.394 e. The molecule has 0 aromatic heterocycles. The Balaban J connectivity index is 2.35. The van der Waals surface area contributed by atoms with Crippen LogP contribution in [0.25, 0.3) is 0 Å². The highest BCUT2D eigenvalue weighted by atomic mass is 19.1. The van der Waals surface area contributed by atoms with Gasteiger partial charge in [-0.05, 0) is 6.92 Å². The maximum Gasteiger partial charge on any atom is 0.128 e. The number of hydrogen-bond acceptors (Lipinski definition) is 2. The number of alkyl halides is 1. The summed E-state index contributed by atoms with van der Waals surface area (Å²) in [5, 5.41) is 8.51. The molecule has 1 rings (SSSR count). The van der Waals surface area contributed by atoms with E-state index in [9.17, 15) is 4.39 Å². The highest BCUT2D eigenvalue weighted by molar-refractivity contribution is 4.78. The Morgan fingerprint density at radius 2 is 2.44 bits per heavy atom. The topological polar surface area (TPSA) is 29.5 Å². The maximum atomic E-state index is 12.5. The summed E-state index contributed by atoms with van der Waals surface area (Å²) in [4.78, 5) is 0. The first-order chi connectivity index (χ1) is 4.24. The Morgan fingerprint density at radius 3 is 2.67 bits per heavy atom. The Hall–Kier alpha value is -0.150. The summed E-state index contributed by atoms with van der Waals surface area (Å²) in [5.74, 6) is 0. The standard InChI is InChI=1S/C6H11FO2/c1-4-6(7)2-5(3-8)9-4/h4-6,8H,2-3H2,1H3/t4-,5?,6+/m0/s1. The number of rotatable bonds is 1. The molecule has 1 aliphatic rings. The van der Waals surface area contributed by atoms with Crippen LogP contribution in [0.4, 0.5) is 4.39 Å². The molecule has 0 bridgehead atoms. The average Bonchev–Trinajstić information content (AvgIpc) is 2.13. The zero-order valence-electron chi connectivity index (χ0n) is 5.38. The van der Waals surface area contributed by atoms with Crippen molar-refractivity contribution in [2.45, 2.75) is 31.7 Å². The lowest BCUT2D eigenvalue weighted by Crippen LogP contribution is -2.12. The van der Waals surface area contributed by atoms with Crippen LogP contribution < -0.4 is 0 Å². The van der Waals surface area contributed by atoms with Crippen molar-refractivity contribution in [2.75, 3.05) is 6.61 Å². The lowest BCUT2D eigenvalue weighted by molar-refractivity contribution is 0.0110. The molecule has 0 spiro atoms. The lowest BCUT2D eigenvalue weighted by atomic mass is 10.2. The van der Waals surface area contributed by atoms with E-state index in [4.69, 9.17) is 9.84 Å². The molecule has 1 saturated heterocycles. The Morgan fingerprint density at radius 1 is 1.78 bits per heavy atom. The van der Waals surface area contributed by atoms with Gasteiger partial charge in [0, 0.05) is 6.42 Å². The molecular weight excluding hydrogens is 123 g/mol. The van der Waals surface area contributed by atoms with Crippen LogP contribution in [-0.2, 0) is 4.74 Å². The third-order valence-corrected chi connectivity index (χ3v) is 1.61. The third-order valence-electron chi connectivity index (χ3n) is 1.61. The average molecular weight is 134 g/mol. The van der Waals surface area contributed by atoms with Gasteiger partial charge in [0.15, 0.2) is 0 Å². The Labute approximate surface area is 53.6 Å². The van der Waals surface area contributed by atoms with Gasteiger partial charge < -0.3 is 9.84 Å². The molecule has 2 nitrogen and oxygen atoms in total. The van der Waals surface area contributed by atoms with Crippen molar-refractivity contribution in [1.29, 1.82) is 0 Å². The van der Waals surface area contributed by atoms with Crippen LogP contribution in [0.2, 0.25) is 0 Å². The molecule has 3 atom stereocenters. The molecule has 54 valence electrons. The molecule has 1 aliphatic heterocycles. The summed E-state index contributed by atoms with van der Waals surface area (Å²) in [6.45, 7) is 1.62. The molecule has 1 N–H and O–H groups in total. The fraction of sp³-hybridized carbons (Fsp3) is 1.00. The molecule has 0 saturated carbocycles. The van der Waals surface area contributed by atoms with Gasteiger partial charge in [0.05, 0.1) is 18.8 Å². The number of ether oxygens (including phenoxy) is 1. The minimum absolute atomic E-state index is 0.0647. The van der Waals surface area contributed by atoms with Gasteiger partial charge in [-0.15, -0.1) is 0 Å². The molecule has 1 unspecified atom stereocenters. The molecule has 1 heterocycles. The fourth-order valence-corrected chi connectivity index (χ4v) is 1.00. The quantitative estimate of drug-likeness (QED) is 0.565. The second-order valence-corrected chi connectivity index (χ2v) is 2.40. The van der Waals surface area contributed by atoms with Gasteiger partial charge in [-0.25, -0.2) is 4.39 Å². The van der Waals surface area contributed by atoms with Crippen LogP contribution in [-0.4, -0.2) is 30.1 Å². The SMILES string of the molecule is C[C@@H]1OC(CO)C[C@H]1F. The summed E-state index contributed by atoms with van der Waals surface area (Å²) in [6, 6.07) is 0. The van der Waals surface area contributed by atoms with Crippen molar-refractivity contribution in [2.24, 2.45) is 0 Å². The van der Waals surface area contributed by atoms with E-state index in [1.54, 1.807) is 6.92 Å². The van der Waals surface area contributed by atoms with E-state index in [0.29, 0.717) is 6.42 Å². The summed E-state index contributed by atoms with van der Waals surface area (Å²) >= 11 is 0. The molecule has 0 aromatic carbocycles. The highest BCUT2D eigenvalue weighted by Gasteiger charge is 2.31. The van der Waals surface area contributed by atoms with Gasteiger partial charge in [-0.1, -0.05) is 0 Å². The van der Waals surface area contributed by atoms with E-state index >= 15 is 0 Å². The van der Waals surface area contributed by atoms with E-state index < -0.39 is 6.17 Å². The van der Waals surface area contributed by atoms with Crippen LogP contribution in [0, 0.1) is 0 Å². The van der Waals surface area contributed by atoms with Crippen LogP contribution in [0.1, 0.15) is 13.3 Å². The predicted octanol–water partition coefficient (Wildman–Crippen LogP) is 0.494. The number of aliphatic hydroxyl groups is 1. The smallest absolute Gasteiger partial charge is 0.128 e. The van der Waals surface area contributed by atoms with Crippen molar-refractivity contribution in [3.63, 3.8) is 0 Å². The Bertz CT molecular complexity index is 87.1. The van der Waals surface area contributed by atoms with E-state index in [1.807, 2.05) is 0 Å². The predicted molar refractivity (Wildman–Crippen MR) is 30.9 cm³/mol. The summed E-state index contributed by atoms with van der Waals surface area (Å²) in [6.07, 6.45) is -1.14. The van der Waals surface area contributed by atoms with Crippen molar-refractivity contribution < 1.29 is 14.2 Å². The van der Waals surface area contributed by atoms with Gasteiger partial charge in [0.25, 0.3) is 0 Å². The molecule has 0 radical (unpaired) electrons. The first kappa shape index (κ1) is 6.96. The summed E-state index contributed by atoms with van der Waals surface area (Å²) in [5.41, 5.74) is 0. The van der Waals surface area contributed by atoms with Gasteiger partial charge >= 0.3 is 0 Å². The highest BCUT2D eigenvalue weighted by Crippen LogP contribution is 2.21. The van der Waals surface area contributed by atoms with Crippen molar-refractivity contribution in [3.05, 3.63) is 0 Å². The van der Waals surface area contributed by atoms with Crippen molar-refractivity contribution >= 4 is 0 Å². The molecule has 0 aromatic rings.